The summed E-state index contributed by atoms with van der Waals surface area (Å²) in [5.41, 5.74) is 5.40. The van der Waals surface area contributed by atoms with E-state index in [2.05, 4.69) is 60.4 Å². The van der Waals surface area contributed by atoms with Crippen LogP contribution < -0.4 is 14.2 Å². The van der Waals surface area contributed by atoms with Crippen LogP contribution in [-0.4, -0.2) is 37.1 Å². The lowest BCUT2D eigenvalue weighted by Gasteiger charge is -2.26. The van der Waals surface area contributed by atoms with Gasteiger partial charge in [-0.05, 0) is 64.4 Å². The maximum absolute atomic E-state index is 5.72. The average molecular weight is 527 g/mol. The van der Waals surface area contributed by atoms with Crippen LogP contribution in [0.2, 0.25) is 0 Å². The molecule has 0 radical (unpaired) electrons. The minimum atomic E-state index is 0.697. The van der Waals surface area contributed by atoms with E-state index in [0.717, 1.165) is 45.0 Å². The number of ether oxygens (including phenoxy) is 3. The van der Waals surface area contributed by atoms with Gasteiger partial charge in [-0.25, -0.2) is 4.99 Å². The van der Waals surface area contributed by atoms with Crippen LogP contribution in [0.3, 0.4) is 0 Å². The molecular weight excluding hydrogens is 492 g/mol. The Morgan fingerprint density at radius 3 is 1.76 bits per heavy atom. The first-order chi connectivity index (χ1) is 18.6. The molecule has 0 bridgehead atoms. The van der Waals surface area contributed by atoms with Gasteiger partial charge in [0.1, 0.15) is 22.9 Å². The van der Waals surface area contributed by atoms with E-state index in [1.54, 1.807) is 33.1 Å². The molecule has 0 aliphatic rings. The second-order valence-electron chi connectivity index (χ2n) is 8.63. The normalized spacial score (nSPS) is 11.2. The lowest BCUT2D eigenvalue weighted by atomic mass is 10.0. The molecule has 4 aromatic rings. The highest BCUT2D eigenvalue weighted by molar-refractivity contribution is 8.13. The summed E-state index contributed by atoms with van der Waals surface area (Å²) in [6.45, 7) is 3.54. The van der Waals surface area contributed by atoms with Crippen molar-refractivity contribution in [1.82, 2.24) is 4.90 Å². The fourth-order valence-corrected chi connectivity index (χ4v) is 4.84. The summed E-state index contributed by atoms with van der Waals surface area (Å²) >= 11 is 1.72. The minimum Gasteiger partial charge on any atom is -0.497 e. The lowest BCUT2D eigenvalue weighted by Crippen LogP contribution is -2.28. The Morgan fingerprint density at radius 2 is 1.26 bits per heavy atom. The van der Waals surface area contributed by atoms with Gasteiger partial charge in [0, 0.05) is 13.1 Å². The molecule has 0 aliphatic heterocycles. The van der Waals surface area contributed by atoms with Crippen molar-refractivity contribution in [2.75, 3.05) is 27.1 Å². The molecule has 0 atom stereocenters. The van der Waals surface area contributed by atoms with Gasteiger partial charge in [0.15, 0.2) is 5.17 Å². The molecule has 0 N–H and O–H groups in total. The third kappa shape index (κ3) is 7.11. The molecule has 0 heterocycles. The Bertz CT molecular complexity index is 1270. The van der Waals surface area contributed by atoms with Crippen LogP contribution in [0.5, 0.6) is 17.2 Å². The summed E-state index contributed by atoms with van der Waals surface area (Å²) in [5.74, 6) is 3.32. The molecule has 0 spiro atoms. The van der Waals surface area contributed by atoms with Crippen LogP contribution in [0.25, 0.3) is 11.1 Å². The number of aliphatic imine (C=N–C) groups is 1. The van der Waals surface area contributed by atoms with Crippen molar-refractivity contribution in [3.05, 3.63) is 108 Å². The van der Waals surface area contributed by atoms with Crippen LogP contribution >= 0.6 is 11.8 Å². The number of rotatable bonds is 10. The van der Waals surface area contributed by atoms with Crippen molar-refractivity contribution in [2.24, 2.45) is 4.99 Å². The lowest BCUT2D eigenvalue weighted by molar-refractivity contribution is 0.404. The first kappa shape index (κ1) is 27.1. The molecule has 6 heteroatoms. The summed E-state index contributed by atoms with van der Waals surface area (Å²) in [4.78, 5) is 7.51. The van der Waals surface area contributed by atoms with E-state index in [1.165, 1.54) is 11.1 Å². The summed E-state index contributed by atoms with van der Waals surface area (Å²) in [6, 6.07) is 32.9. The van der Waals surface area contributed by atoms with Crippen molar-refractivity contribution in [3.63, 3.8) is 0 Å². The van der Waals surface area contributed by atoms with Gasteiger partial charge >= 0.3 is 0 Å². The highest BCUT2D eigenvalue weighted by Crippen LogP contribution is 2.34. The zero-order chi connectivity index (χ0) is 26.7. The topological polar surface area (TPSA) is 43.3 Å². The van der Waals surface area contributed by atoms with Gasteiger partial charge in [0.2, 0.25) is 0 Å². The Balaban J connectivity index is 1.74. The number of methoxy groups -OCH3 is 3. The quantitative estimate of drug-likeness (QED) is 0.156. The predicted octanol–water partition coefficient (Wildman–Crippen LogP) is 7.82. The van der Waals surface area contributed by atoms with Gasteiger partial charge in [-0.3, -0.25) is 0 Å². The van der Waals surface area contributed by atoms with Crippen LogP contribution in [0, 0.1) is 0 Å². The standard InChI is InChI=1S/C32H34N2O3S/c1-5-38-32(33-30-21-27(15-20-31(30)37-4)26-9-7-6-8-10-26)34(22-24-11-16-28(35-2)17-12-24)23-25-13-18-29(36-3)19-14-25/h6-21H,5,22-23H2,1-4H3. The van der Waals surface area contributed by atoms with Crippen molar-refractivity contribution >= 4 is 22.6 Å². The van der Waals surface area contributed by atoms with Crippen LogP contribution in [0.15, 0.2) is 102 Å². The van der Waals surface area contributed by atoms with Gasteiger partial charge < -0.3 is 19.1 Å². The number of amidine groups is 1. The second kappa shape index (κ2) is 13.6. The molecule has 4 aromatic carbocycles. The van der Waals surface area contributed by atoms with Gasteiger partial charge in [-0.15, -0.1) is 0 Å². The number of nitrogens with zero attached hydrogens (tertiary/aromatic N) is 2. The number of thioether (sulfide) groups is 1. The minimum absolute atomic E-state index is 0.697. The molecule has 196 valence electrons. The van der Waals surface area contributed by atoms with E-state index in [4.69, 9.17) is 19.2 Å². The highest BCUT2D eigenvalue weighted by Gasteiger charge is 2.16. The van der Waals surface area contributed by atoms with Crippen molar-refractivity contribution in [1.29, 1.82) is 0 Å². The number of hydrogen-bond acceptors (Lipinski definition) is 5. The first-order valence-electron chi connectivity index (χ1n) is 12.6. The molecule has 5 nitrogen and oxygen atoms in total. The third-order valence-corrected chi connectivity index (χ3v) is 7.01. The van der Waals surface area contributed by atoms with E-state index in [9.17, 15) is 0 Å². The smallest absolute Gasteiger partial charge is 0.165 e. The van der Waals surface area contributed by atoms with Crippen molar-refractivity contribution in [2.45, 2.75) is 20.0 Å². The largest absolute Gasteiger partial charge is 0.497 e. The highest BCUT2D eigenvalue weighted by atomic mass is 32.2. The predicted molar refractivity (Wildman–Crippen MR) is 159 cm³/mol. The molecule has 0 amide bonds. The molecule has 38 heavy (non-hydrogen) atoms. The monoisotopic (exact) mass is 526 g/mol. The van der Waals surface area contributed by atoms with Crippen LogP contribution in [-0.2, 0) is 13.1 Å². The summed E-state index contributed by atoms with van der Waals surface area (Å²) in [6.07, 6.45) is 0. The van der Waals surface area contributed by atoms with Gasteiger partial charge in [0.05, 0.1) is 21.3 Å². The molecule has 0 aliphatic carbocycles. The fraction of sp³-hybridized carbons (Fsp3) is 0.219. The Labute approximate surface area is 230 Å². The first-order valence-corrected chi connectivity index (χ1v) is 13.6. The molecule has 0 saturated heterocycles. The Morgan fingerprint density at radius 1 is 0.684 bits per heavy atom. The number of hydrogen-bond donors (Lipinski definition) is 0. The molecule has 4 rings (SSSR count). The molecule has 0 aromatic heterocycles. The fourth-order valence-electron chi connectivity index (χ4n) is 4.11. The van der Waals surface area contributed by atoms with Gasteiger partial charge in [-0.2, -0.15) is 0 Å². The van der Waals surface area contributed by atoms with E-state index in [0.29, 0.717) is 13.1 Å². The maximum Gasteiger partial charge on any atom is 0.165 e. The average Bonchev–Trinajstić information content (AvgIpc) is 2.97. The zero-order valence-corrected chi connectivity index (χ0v) is 23.2. The zero-order valence-electron chi connectivity index (χ0n) is 22.4. The molecule has 0 fully saturated rings. The molecule has 0 saturated carbocycles. The summed E-state index contributed by atoms with van der Waals surface area (Å²) < 4.78 is 16.4. The van der Waals surface area contributed by atoms with Crippen molar-refractivity contribution < 1.29 is 14.2 Å². The maximum atomic E-state index is 5.72. The summed E-state index contributed by atoms with van der Waals surface area (Å²) in [7, 11) is 5.06. The third-order valence-electron chi connectivity index (χ3n) is 6.11. The Hall–Kier alpha value is -3.90. The van der Waals surface area contributed by atoms with Gasteiger partial charge in [-0.1, -0.05) is 79.3 Å². The molecular formula is C32H34N2O3S. The summed E-state index contributed by atoms with van der Waals surface area (Å²) in [5, 5.41) is 0.933. The van der Waals surface area contributed by atoms with E-state index in [1.807, 2.05) is 48.5 Å². The van der Waals surface area contributed by atoms with E-state index >= 15 is 0 Å². The Kier molecular flexibility index (Phi) is 9.71. The van der Waals surface area contributed by atoms with Gasteiger partial charge in [0.25, 0.3) is 0 Å². The second-order valence-corrected chi connectivity index (χ2v) is 9.86. The van der Waals surface area contributed by atoms with Crippen LogP contribution in [0.4, 0.5) is 5.69 Å². The molecule has 0 unspecified atom stereocenters. The van der Waals surface area contributed by atoms with E-state index < -0.39 is 0 Å². The van der Waals surface area contributed by atoms with Crippen molar-refractivity contribution in [3.8, 4) is 28.4 Å². The SMILES string of the molecule is CCSC(=Nc1cc(-c2ccccc2)ccc1OC)N(Cc1ccc(OC)cc1)Cc1ccc(OC)cc1. The van der Waals surface area contributed by atoms with Crippen LogP contribution in [0.1, 0.15) is 18.1 Å². The van der Waals surface area contributed by atoms with E-state index in [-0.39, 0.29) is 0 Å². The number of benzene rings is 4.